The number of nitrogens with zero attached hydrogens (tertiary/aromatic N) is 1. The maximum Gasteiger partial charge on any atom is 0.0273 e. The minimum Gasteiger partial charge on any atom is -0.301 e. The van der Waals surface area contributed by atoms with Crippen molar-refractivity contribution in [2.24, 2.45) is 10.4 Å². The van der Waals surface area contributed by atoms with Gasteiger partial charge in [0.05, 0.1) is 0 Å². The zero-order chi connectivity index (χ0) is 8.91. The van der Waals surface area contributed by atoms with Gasteiger partial charge in [0.15, 0.2) is 0 Å². The monoisotopic (exact) mass is 153 g/mol. The van der Waals surface area contributed by atoms with Gasteiger partial charge in [-0.3, -0.25) is 0 Å². The fraction of sp³-hybridized carbons (Fsp3) is 0.700. The molecule has 0 N–H and O–H groups in total. The first-order valence-electron chi connectivity index (χ1n) is 4.07. The molecule has 0 aliphatic heterocycles. The molecule has 0 heterocycles. The van der Waals surface area contributed by atoms with Crippen molar-refractivity contribution >= 4 is 6.21 Å². The fourth-order valence-corrected chi connectivity index (χ4v) is 0.743. The van der Waals surface area contributed by atoms with Gasteiger partial charge in [-0.2, -0.15) is 0 Å². The maximum atomic E-state index is 4.04. The quantitative estimate of drug-likeness (QED) is 0.436. The number of hydrogen-bond donors (Lipinski definition) is 0. The molecule has 0 aromatic heterocycles. The molecule has 64 valence electrons. The summed E-state index contributed by atoms with van der Waals surface area (Å²) in [6.45, 7) is 10.6. The van der Waals surface area contributed by atoms with Crippen molar-refractivity contribution in [2.45, 2.75) is 33.6 Å². The van der Waals surface area contributed by atoms with Crippen molar-refractivity contribution < 1.29 is 0 Å². The largest absolute Gasteiger partial charge is 0.301 e. The summed E-state index contributed by atoms with van der Waals surface area (Å²) in [5.74, 6) is 0. The molecule has 0 aromatic rings. The van der Waals surface area contributed by atoms with Crippen LogP contribution in [0.5, 0.6) is 0 Å². The lowest BCUT2D eigenvalue weighted by Crippen LogP contribution is -2.08. The molecule has 1 heteroatoms. The standard InChI is InChI=1S/C10H19N/c1-9(10(2,3)4)7-6-8-11-5/h8H,1,6-7H2,2-5H3/b11-8-. The van der Waals surface area contributed by atoms with Gasteiger partial charge in [-0.25, -0.2) is 0 Å². The van der Waals surface area contributed by atoms with Crippen molar-refractivity contribution in [2.75, 3.05) is 7.05 Å². The van der Waals surface area contributed by atoms with E-state index in [-0.39, 0.29) is 5.41 Å². The van der Waals surface area contributed by atoms with Crippen molar-refractivity contribution in [3.63, 3.8) is 0 Å². The van der Waals surface area contributed by atoms with Crippen molar-refractivity contribution in [3.8, 4) is 0 Å². The van der Waals surface area contributed by atoms with E-state index in [1.807, 2.05) is 6.21 Å². The lowest BCUT2D eigenvalue weighted by molar-refractivity contribution is 0.487. The van der Waals surface area contributed by atoms with E-state index in [0.29, 0.717) is 0 Å². The summed E-state index contributed by atoms with van der Waals surface area (Å²) in [6, 6.07) is 0. The zero-order valence-electron chi connectivity index (χ0n) is 8.15. The van der Waals surface area contributed by atoms with Crippen molar-refractivity contribution in [3.05, 3.63) is 12.2 Å². The minimum atomic E-state index is 0.252. The third-order valence-corrected chi connectivity index (χ3v) is 1.82. The summed E-state index contributed by atoms with van der Waals surface area (Å²) in [7, 11) is 1.81. The molecule has 0 unspecified atom stereocenters. The summed E-state index contributed by atoms with van der Waals surface area (Å²) in [6.07, 6.45) is 4.02. The van der Waals surface area contributed by atoms with Gasteiger partial charge < -0.3 is 4.99 Å². The normalized spacial score (nSPS) is 12.4. The van der Waals surface area contributed by atoms with Crippen LogP contribution in [0.4, 0.5) is 0 Å². The van der Waals surface area contributed by atoms with Crippen LogP contribution >= 0.6 is 0 Å². The van der Waals surface area contributed by atoms with Crippen LogP contribution in [-0.2, 0) is 0 Å². The van der Waals surface area contributed by atoms with E-state index in [4.69, 9.17) is 0 Å². The van der Waals surface area contributed by atoms with Gasteiger partial charge >= 0.3 is 0 Å². The number of hydrogen-bond acceptors (Lipinski definition) is 1. The predicted octanol–water partition coefficient (Wildman–Crippen LogP) is 3.07. The first kappa shape index (κ1) is 10.4. The van der Waals surface area contributed by atoms with Crippen LogP contribution in [0.25, 0.3) is 0 Å². The molecule has 0 aliphatic carbocycles. The Hall–Kier alpha value is -0.590. The molecule has 11 heavy (non-hydrogen) atoms. The molecule has 0 fully saturated rings. The second-order valence-electron chi connectivity index (χ2n) is 3.83. The molecular weight excluding hydrogens is 134 g/mol. The van der Waals surface area contributed by atoms with Crippen LogP contribution in [0.15, 0.2) is 17.1 Å². The Morgan fingerprint density at radius 1 is 1.45 bits per heavy atom. The Morgan fingerprint density at radius 2 is 2.00 bits per heavy atom. The zero-order valence-corrected chi connectivity index (χ0v) is 8.15. The Labute approximate surface area is 70.2 Å². The first-order chi connectivity index (χ1) is 4.98. The van der Waals surface area contributed by atoms with E-state index >= 15 is 0 Å². The summed E-state index contributed by atoms with van der Waals surface area (Å²) < 4.78 is 0. The molecule has 0 aromatic carbocycles. The van der Waals surface area contributed by atoms with E-state index in [0.717, 1.165) is 12.8 Å². The smallest absolute Gasteiger partial charge is 0.0273 e. The molecule has 1 nitrogen and oxygen atoms in total. The van der Waals surface area contributed by atoms with Gasteiger partial charge in [-0.1, -0.05) is 32.9 Å². The molecule has 0 amide bonds. The third-order valence-electron chi connectivity index (χ3n) is 1.82. The van der Waals surface area contributed by atoms with Crippen LogP contribution in [-0.4, -0.2) is 13.3 Å². The number of allylic oxidation sites excluding steroid dienone is 1. The Kier molecular flexibility index (Phi) is 4.09. The molecule has 0 saturated heterocycles. The molecule has 0 spiro atoms. The van der Waals surface area contributed by atoms with E-state index in [1.165, 1.54) is 5.57 Å². The summed E-state index contributed by atoms with van der Waals surface area (Å²) in [5.41, 5.74) is 1.55. The van der Waals surface area contributed by atoms with Crippen LogP contribution in [0.3, 0.4) is 0 Å². The van der Waals surface area contributed by atoms with E-state index in [2.05, 4.69) is 32.3 Å². The lowest BCUT2D eigenvalue weighted by Gasteiger charge is -2.20. The van der Waals surface area contributed by atoms with Gasteiger partial charge in [-0.05, 0) is 24.5 Å². The summed E-state index contributed by atoms with van der Waals surface area (Å²) in [5, 5.41) is 0. The van der Waals surface area contributed by atoms with E-state index in [1.54, 1.807) is 7.05 Å². The van der Waals surface area contributed by atoms with Crippen molar-refractivity contribution in [1.82, 2.24) is 0 Å². The predicted molar refractivity (Wildman–Crippen MR) is 52.2 cm³/mol. The molecule has 0 saturated carbocycles. The molecule has 0 rings (SSSR count). The molecule has 0 bridgehead atoms. The molecule has 0 aliphatic rings. The van der Waals surface area contributed by atoms with Crippen LogP contribution in [0.1, 0.15) is 33.6 Å². The van der Waals surface area contributed by atoms with Gasteiger partial charge in [-0.15, -0.1) is 0 Å². The third kappa shape index (κ3) is 4.77. The Balaban J connectivity index is 3.71. The van der Waals surface area contributed by atoms with Gasteiger partial charge in [0.25, 0.3) is 0 Å². The van der Waals surface area contributed by atoms with Gasteiger partial charge in [0.2, 0.25) is 0 Å². The summed E-state index contributed by atoms with van der Waals surface area (Å²) >= 11 is 0. The number of aliphatic imine (C=N–C) groups is 1. The Morgan fingerprint density at radius 3 is 2.36 bits per heavy atom. The first-order valence-corrected chi connectivity index (χ1v) is 4.07. The van der Waals surface area contributed by atoms with Crippen molar-refractivity contribution in [1.29, 1.82) is 0 Å². The highest BCUT2D eigenvalue weighted by Gasteiger charge is 2.13. The lowest BCUT2D eigenvalue weighted by atomic mass is 9.85. The minimum absolute atomic E-state index is 0.252. The highest BCUT2D eigenvalue weighted by molar-refractivity contribution is 5.57. The molecular formula is C10H19N. The second-order valence-corrected chi connectivity index (χ2v) is 3.83. The highest BCUT2D eigenvalue weighted by atomic mass is 14.6. The fourth-order valence-electron chi connectivity index (χ4n) is 0.743. The summed E-state index contributed by atoms with van der Waals surface area (Å²) in [4.78, 5) is 3.92. The van der Waals surface area contributed by atoms with E-state index < -0.39 is 0 Å². The van der Waals surface area contributed by atoms with Gasteiger partial charge in [0.1, 0.15) is 0 Å². The number of rotatable bonds is 3. The second kappa shape index (κ2) is 4.32. The maximum absolute atomic E-state index is 4.04. The van der Waals surface area contributed by atoms with Gasteiger partial charge in [0, 0.05) is 7.05 Å². The average molecular weight is 153 g/mol. The Bertz CT molecular complexity index is 149. The molecule has 0 atom stereocenters. The average Bonchev–Trinajstić information content (AvgIpc) is 1.86. The van der Waals surface area contributed by atoms with E-state index in [9.17, 15) is 0 Å². The SMILES string of the molecule is C=C(CC/C=N\C)C(C)(C)C. The highest BCUT2D eigenvalue weighted by Crippen LogP contribution is 2.26. The molecule has 0 radical (unpaired) electrons. The topological polar surface area (TPSA) is 12.4 Å². The van der Waals surface area contributed by atoms with Crippen LogP contribution in [0.2, 0.25) is 0 Å². The van der Waals surface area contributed by atoms with Crippen LogP contribution in [0, 0.1) is 5.41 Å². The van der Waals surface area contributed by atoms with Crippen LogP contribution < -0.4 is 0 Å².